The summed E-state index contributed by atoms with van der Waals surface area (Å²) in [6.07, 6.45) is 11.8. The molecule has 0 heterocycles. The third-order valence-corrected chi connectivity index (χ3v) is 17.5. The van der Waals surface area contributed by atoms with Crippen LogP contribution in [-0.4, -0.2) is 18.2 Å². The van der Waals surface area contributed by atoms with E-state index in [0.29, 0.717) is 0 Å². The van der Waals surface area contributed by atoms with Crippen molar-refractivity contribution in [3.05, 3.63) is 0 Å². The van der Waals surface area contributed by atoms with E-state index in [4.69, 9.17) is 0 Å². The second kappa shape index (κ2) is 14.2. The molecule has 0 rings (SSSR count). The van der Waals surface area contributed by atoms with Crippen LogP contribution in [-0.2, 0) is 5.48 Å². The van der Waals surface area contributed by atoms with Crippen LogP contribution in [0.25, 0.3) is 0 Å². The molecule has 0 saturated heterocycles. The van der Waals surface area contributed by atoms with Crippen molar-refractivity contribution in [3.8, 4) is 0 Å². The van der Waals surface area contributed by atoms with Gasteiger partial charge >= 0.3 is 115 Å². The van der Waals surface area contributed by atoms with E-state index in [2.05, 4.69) is 27.7 Å². The van der Waals surface area contributed by atoms with E-state index in [0.717, 1.165) is 0 Å². The molecule has 0 aliphatic heterocycles. The van der Waals surface area contributed by atoms with Crippen molar-refractivity contribution in [3.63, 3.8) is 0 Å². The van der Waals surface area contributed by atoms with Gasteiger partial charge in [0, 0.05) is 5.48 Å². The fourth-order valence-corrected chi connectivity index (χ4v) is 15.9. The second-order valence-electron chi connectivity index (χ2n) is 5.46. The van der Waals surface area contributed by atoms with E-state index in [1.54, 1.807) is 30.7 Å². The minimum Gasteiger partial charge on any atom is 0 e. The van der Waals surface area contributed by atoms with Crippen LogP contribution in [0.1, 0.15) is 79.1 Å². The maximum absolute atomic E-state index is 2.41. The van der Waals surface area contributed by atoms with Gasteiger partial charge in [-0.2, -0.15) is 0 Å². The predicted molar refractivity (Wildman–Crippen MR) is 85.3 cm³/mol. The molecule has 0 aromatic heterocycles. The largest absolute Gasteiger partial charge is 0 e. The first-order valence-corrected chi connectivity index (χ1v) is 14.6. The van der Waals surface area contributed by atoms with Crippen molar-refractivity contribution in [2.24, 2.45) is 0 Å². The third kappa shape index (κ3) is 9.65. The molecular weight excluding hydrogens is 336 g/mol. The average molecular weight is 372 g/mol. The van der Waals surface area contributed by atoms with Gasteiger partial charge in [0.05, 0.1) is 0 Å². The normalized spacial score (nSPS) is 12.2. The van der Waals surface area contributed by atoms with Crippen LogP contribution in [0.2, 0.25) is 17.9 Å². The molecular formula is C16H36OTe. The Labute approximate surface area is 120 Å². The Balaban J connectivity index is 0. The van der Waals surface area contributed by atoms with Gasteiger partial charge in [-0.15, -0.1) is 0 Å². The Kier molecular flexibility index (Phi) is 16.6. The maximum Gasteiger partial charge on any atom is 0 e. The molecule has 2 radical (unpaired) electrons. The van der Waals surface area contributed by atoms with Gasteiger partial charge in [-0.1, -0.05) is 0 Å². The molecule has 0 amide bonds. The van der Waals surface area contributed by atoms with Crippen LogP contribution in [0.4, 0.5) is 0 Å². The molecule has 0 aliphatic rings. The summed E-state index contributed by atoms with van der Waals surface area (Å²) >= 11 is -1.45. The first kappa shape index (κ1) is 21.1. The Bertz CT molecular complexity index is 141. The SMILES string of the molecule is CCCCC[Te](CCC)(CCC)CCCCC.[O]. The summed E-state index contributed by atoms with van der Waals surface area (Å²) in [5, 5.41) is 0. The van der Waals surface area contributed by atoms with Crippen molar-refractivity contribution >= 4 is 18.2 Å². The van der Waals surface area contributed by atoms with Gasteiger partial charge in [-0.05, 0) is 0 Å². The molecule has 0 aromatic carbocycles. The maximum atomic E-state index is 2.41. The molecule has 112 valence electrons. The number of hydrogen-bond acceptors (Lipinski definition) is 0. The second-order valence-corrected chi connectivity index (χ2v) is 17.1. The van der Waals surface area contributed by atoms with E-state index < -0.39 is 18.2 Å². The Morgan fingerprint density at radius 2 is 0.889 bits per heavy atom. The summed E-state index contributed by atoms with van der Waals surface area (Å²) in [5.74, 6) is 0. The standard InChI is InChI=1S/C16H36Te.O/c1-5-9-11-15-17(13-7-3,14-8-4)16-12-10-6-2;/h5-16H2,1-4H3;. The van der Waals surface area contributed by atoms with Crippen molar-refractivity contribution in [1.82, 2.24) is 0 Å². The molecule has 0 saturated carbocycles. The van der Waals surface area contributed by atoms with Crippen molar-refractivity contribution in [2.45, 2.75) is 96.9 Å². The topological polar surface area (TPSA) is 28.5 Å². The molecule has 0 spiro atoms. The van der Waals surface area contributed by atoms with Crippen LogP contribution in [0, 0.1) is 0 Å². The zero-order valence-electron chi connectivity index (χ0n) is 13.3. The molecule has 0 bridgehead atoms. The minimum atomic E-state index is -1.45. The summed E-state index contributed by atoms with van der Waals surface area (Å²) in [5.41, 5.74) is 0. The Hall–Kier alpha value is 0.750. The zero-order valence-corrected chi connectivity index (χ0v) is 15.6. The van der Waals surface area contributed by atoms with Gasteiger partial charge in [0.15, 0.2) is 0 Å². The fraction of sp³-hybridized carbons (Fsp3) is 1.00. The van der Waals surface area contributed by atoms with Gasteiger partial charge in [-0.25, -0.2) is 0 Å². The van der Waals surface area contributed by atoms with Gasteiger partial charge in [0.2, 0.25) is 0 Å². The molecule has 0 atom stereocenters. The molecule has 0 aromatic rings. The molecule has 0 N–H and O–H groups in total. The summed E-state index contributed by atoms with van der Waals surface area (Å²) < 4.78 is 6.68. The Morgan fingerprint density at radius 1 is 0.500 bits per heavy atom. The van der Waals surface area contributed by atoms with E-state index >= 15 is 0 Å². The third-order valence-electron chi connectivity index (χ3n) is 3.64. The molecule has 18 heavy (non-hydrogen) atoms. The summed E-state index contributed by atoms with van der Waals surface area (Å²) in [4.78, 5) is 0. The minimum absolute atomic E-state index is 0. The van der Waals surface area contributed by atoms with Crippen LogP contribution < -0.4 is 0 Å². The zero-order chi connectivity index (χ0) is 13.0. The molecule has 0 aliphatic carbocycles. The van der Waals surface area contributed by atoms with E-state index in [-0.39, 0.29) is 5.48 Å². The monoisotopic (exact) mass is 374 g/mol. The molecule has 1 nitrogen and oxygen atoms in total. The van der Waals surface area contributed by atoms with E-state index in [1.165, 1.54) is 38.5 Å². The summed E-state index contributed by atoms with van der Waals surface area (Å²) in [7, 11) is 0. The van der Waals surface area contributed by atoms with E-state index in [9.17, 15) is 0 Å². The number of unbranched alkanes of at least 4 members (excludes halogenated alkanes) is 4. The number of rotatable bonds is 12. The smallest absolute Gasteiger partial charge is 0 e. The predicted octanol–water partition coefficient (Wildman–Crippen LogP) is 6.52. The fourth-order valence-electron chi connectivity index (χ4n) is 2.79. The number of hydrogen-bond donors (Lipinski definition) is 0. The van der Waals surface area contributed by atoms with Crippen LogP contribution in [0.3, 0.4) is 0 Å². The molecule has 0 fully saturated rings. The van der Waals surface area contributed by atoms with Crippen LogP contribution in [0.5, 0.6) is 0 Å². The molecule has 2 heteroatoms. The van der Waals surface area contributed by atoms with Gasteiger partial charge in [-0.3, -0.25) is 0 Å². The summed E-state index contributed by atoms with van der Waals surface area (Å²) in [6, 6.07) is 0. The van der Waals surface area contributed by atoms with E-state index in [1.807, 2.05) is 0 Å². The van der Waals surface area contributed by atoms with Crippen molar-refractivity contribution in [1.29, 1.82) is 0 Å². The quantitative estimate of drug-likeness (QED) is 0.276. The van der Waals surface area contributed by atoms with Crippen molar-refractivity contribution < 1.29 is 5.48 Å². The van der Waals surface area contributed by atoms with Gasteiger partial charge in [0.25, 0.3) is 0 Å². The van der Waals surface area contributed by atoms with Crippen molar-refractivity contribution in [2.75, 3.05) is 0 Å². The first-order valence-electron chi connectivity index (χ1n) is 7.98. The first-order chi connectivity index (χ1) is 8.24. The summed E-state index contributed by atoms with van der Waals surface area (Å²) in [6.45, 7) is 9.50. The molecule has 0 unspecified atom stereocenters. The average Bonchev–Trinajstić information content (AvgIpc) is 2.30. The van der Waals surface area contributed by atoms with Gasteiger partial charge < -0.3 is 0 Å². The Morgan fingerprint density at radius 3 is 1.17 bits per heavy atom. The van der Waals surface area contributed by atoms with Crippen LogP contribution in [0.15, 0.2) is 0 Å². The van der Waals surface area contributed by atoms with Crippen LogP contribution >= 0.6 is 0 Å². The van der Waals surface area contributed by atoms with Gasteiger partial charge in [0.1, 0.15) is 0 Å².